The third kappa shape index (κ3) is 3.48. The molecular weight excluding hydrogens is 394 g/mol. The molecule has 0 radical (unpaired) electrons. The van der Waals surface area contributed by atoms with E-state index in [9.17, 15) is 15.0 Å². The van der Waals surface area contributed by atoms with Gasteiger partial charge in [0.05, 0.1) is 20.0 Å². The maximum absolute atomic E-state index is 12.6. The van der Waals surface area contributed by atoms with Gasteiger partial charge in [0.15, 0.2) is 23.2 Å². The minimum absolute atomic E-state index is 0.228. The molecule has 0 aliphatic carbocycles. The number of carbonyl (C=O) groups is 1. The fourth-order valence-electron chi connectivity index (χ4n) is 3.40. The van der Waals surface area contributed by atoms with Crippen molar-refractivity contribution in [3.8, 4) is 5.75 Å². The van der Waals surface area contributed by atoms with Gasteiger partial charge in [-0.25, -0.2) is 15.0 Å². The fraction of sp³-hybridized carbons (Fsp3) is 0.368. The number of anilines is 1. The molecule has 3 heterocycles. The molecule has 1 fully saturated rings. The second-order valence-corrected chi connectivity index (χ2v) is 6.67. The third-order valence-electron chi connectivity index (χ3n) is 4.98. The Morgan fingerprint density at radius 1 is 1.23 bits per heavy atom. The summed E-state index contributed by atoms with van der Waals surface area (Å²) in [5.41, 5.74) is 1.15. The van der Waals surface area contributed by atoms with E-state index in [1.807, 2.05) is 0 Å². The molecule has 3 aromatic rings. The summed E-state index contributed by atoms with van der Waals surface area (Å²) in [6, 6.07) is 6.64. The van der Waals surface area contributed by atoms with Crippen molar-refractivity contribution in [2.75, 3.05) is 26.1 Å². The smallest absolute Gasteiger partial charge is 0.256 e. The molecule has 1 amide bonds. The maximum Gasteiger partial charge on any atom is 0.256 e. The fourth-order valence-corrected chi connectivity index (χ4v) is 3.40. The van der Waals surface area contributed by atoms with Crippen molar-refractivity contribution >= 4 is 22.9 Å². The summed E-state index contributed by atoms with van der Waals surface area (Å²) in [7, 11) is 2.99. The van der Waals surface area contributed by atoms with Crippen LogP contribution in [-0.2, 0) is 9.47 Å². The van der Waals surface area contributed by atoms with Crippen molar-refractivity contribution in [2.45, 2.75) is 24.5 Å². The number of imidazole rings is 1. The molecule has 0 unspecified atom stereocenters. The van der Waals surface area contributed by atoms with Crippen LogP contribution in [0.2, 0.25) is 0 Å². The van der Waals surface area contributed by atoms with Gasteiger partial charge in [-0.05, 0) is 24.3 Å². The number of aromatic nitrogens is 4. The number of rotatable bonds is 6. The Morgan fingerprint density at radius 3 is 2.67 bits per heavy atom. The van der Waals surface area contributed by atoms with Crippen LogP contribution in [0, 0.1) is 0 Å². The number of aliphatic hydroxyl groups excluding tert-OH is 2. The molecule has 2 aromatic heterocycles. The van der Waals surface area contributed by atoms with E-state index >= 15 is 0 Å². The van der Waals surface area contributed by atoms with Gasteiger partial charge in [-0.1, -0.05) is 0 Å². The topological polar surface area (TPSA) is 141 Å². The Labute approximate surface area is 171 Å². The zero-order valence-electron chi connectivity index (χ0n) is 16.3. The predicted octanol–water partition coefficient (Wildman–Crippen LogP) is 0.353. The van der Waals surface area contributed by atoms with E-state index in [2.05, 4.69) is 20.3 Å². The number of nitrogens with one attached hydrogen (secondary N) is 1. The van der Waals surface area contributed by atoms with E-state index in [0.29, 0.717) is 22.5 Å². The van der Waals surface area contributed by atoms with E-state index in [-0.39, 0.29) is 18.3 Å². The third-order valence-corrected chi connectivity index (χ3v) is 4.98. The van der Waals surface area contributed by atoms with E-state index in [1.54, 1.807) is 35.9 Å². The monoisotopic (exact) mass is 415 g/mol. The highest BCUT2D eigenvalue weighted by Gasteiger charge is 2.45. The number of ether oxygens (including phenoxy) is 3. The first-order valence-electron chi connectivity index (χ1n) is 9.17. The number of amides is 1. The zero-order valence-corrected chi connectivity index (χ0v) is 16.3. The van der Waals surface area contributed by atoms with Crippen LogP contribution in [0.3, 0.4) is 0 Å². The molecule has 3 N–H and O–H groups in total. The predicted molar refractivity (Wildman–Crippen MR) is 104 cm³/mol. The van der Waals surface area contributed by atoms with Crippen molar-refractivity contribution in [1.29, 1.82) is 0 Å². The van der Waals surface area contributed by atoms with Gasteiger partial charge >= 0.3 is 0 Å². The average molecular weight is 415 g/mol. The summed E-state index contributed by atoms with van der Waals surface area (Å²) in [5, 5.41) is 22.4. The Morgan fingerprint density at radius 2 is 2.00 bits per heavy atom. The number of methoxy groups -OCH3 is 2. The van der Waals surface area contributed by atoms with Crippen LogP contribution in [0.5, 0.6) is 5.75 Å². The summed E-state index contributed by atoms with van der Waals surface area (Å²) >= 11 is 0. The first-order chi connectivity index (χ1) is 14.6. The molecule has 4 atom stereocenters. The van der Waals surface area contributed by atoms with E-state index in [1.165, 1.54) is 19.8 Å². The lowest BCUT2D eigenvalue weighted by molar-refractivity contribution is -0.0583. The van der Waals surface area contributed by atoms with Crippen molar-refractivity contribution in [2.24, 2.45) is 0 Å². The molecule has 0 spiro atoms. The first kappa shape index (κ1) is 20.2. The van der Waals surface area contributed by atoms with Gasteiger partial charge in [-0.15, -0.1) is 0 Å². The number of aliphatic hydroxyl groups is 2. The van der Waals surface area contributed by atoms with Crippen LogP contribution in [0.1, 0.15) is 16.6 Å². The number of hydrogen-bond acceptors (Lipinski definition) is 9. The molecule has 0 bridgehead atoms. The van der Waals surface area contributed by atoms with Crippen molar-refractivity contribution in [3.05, 3.63) is 42.5 Å². The van der Waals surface area contributed by atoms with Crippen LogP contribution in [0.15, 0.2) is 36.9 Å². The summed E-state index contributed by atoms with van der Waals surface area (Å²) < 4.78 is 17.8. The van der Waals surface area contributed by atoms with Gasteiger partial charge in [0.1, 0.15) is 30.4 Å². The SMILES string of the molecule is COc1ccc(C(=O)Nc2ncnc3c2ncn3[C@@H]2O[C@H](CO)[C@@H](O)[C@H]2OC)cc1. The molecule has 1 aliphatic rings. The summed E-state index contributed by atoms with van der Waals surface area (Å²) in [4.78, 5) is 25.3. The molecule has 1 saturated heterocycles. The van der Waals surface area contributed by atoms with Gasteiger partial charge in [-0.3, -0.25) is 9.36 Å². The van der Waals surface area contributed by atoms with Gasteiger partial charge in [-0.2, -0.15) is 0 Å². The second kappa shape index (κ2) is 8.32. The maximum atomic E-state index is 12.6. The largest absolute Gasteiger partial charge is 0.497 e. The van der Waals surface area contributed by atoms with Crippen LogP contribution in [0.4, 0.5) is 5.82 Å². The van der Waals surface area contributed by atoms with Crippen molar-refractivity contribution in [1.82, 2.24) is 19.5 Å². The van der Waals surface area contributed by atoms with Crippen LogP contribution in [0.25, 0.3) is 11.2 Å². The van der Waals surface area contributed by atoms with E-state index < -0.39 is 24.5 Å². The number of benzene rings is 1. The Balaban J connectivity index is 1.62. The zero-order chi connectivity index (χ0) is 21.3. The summed E-state index contributed by atoms with van der Waals surface area (Å²) in [6.07, 6.45) is -0.544. The normalized spacial score (nSPS) is 23.6. The standard InChI is InChI=1S/C19H21N5O6/c1-28-11-5-3-10(4-6-11)18(27)23-16-13-17(21-8-20-16)24(9-22-13)19-15(29-2)14(26)12(7-25)30-19/h3-6,8-9,12,14-15,19,25-26H,7H2,1-2H3,(H,20,21,23,27)/t12-,14-,15-,19-/m1/s1. The lowest BCUT2D eigenvalue weighted by Crippen LogP contribution is -2.34. The summed E-state index contributed by atoms with van der Waals surface area (Å²) in [5.74, 6) is 0.503. The molecule has 11 heteroatoms. The molecule has 1 aromatic carbocycles. The van der Waals surface area contributed by atoms with Gasteiger partial charge < -0.3 is 29.7 Å². The lowest BCUT2D eigenvalue weighted by atomic mass is 10.1. The highest BCUT2D eigenvalue weighted by Crippen LogP contribution is 2.33. The lowest BCUT2D eigenvalue weighted by Gasteiger charge is -2.19. The van der Waals surface area contributed by atoms with Crippen LogP contribution < -0.4 is 10.1 Å². The van der Waals surface area contributed by atoms with Gasteiger partial charge in [0.2, 0.25) is 0 Å². The molecule has 158 valence electrons. The Bertz CT molecular complexity index is 1040. The number of fused-ring (bicyclic) bond motifs is 1. The minimum atomic E-state index is -1.02. The number of nitrogens with zero attached hydrogens (tertiary/aromatic N) is 4. The molecule has 11 nitrogen and oxygen atoms in total. The molecular formula is C19H21N5O6. The quantitative estimate of drug-likeness (QED) is 0.520. The van der Waals surface area contributed by atoms with Gasteiger partial charge in [0.25, 0.3) is 5.91 Å². The van der Waals surface area contributed by atoms with Gasteiger partial charge in [0, 0.05) is 12.7 Å². The highest BCUT2D eigenvalue weighted by molar-refractivity contribution is 6.06. The summed E-state index contributed by atoms with van der Waals surface area (Å²) in [6.45, 7) is -0.359. The Kier molecular flexibility index (Phi) is 5.59. The van der Waals surface area contributed by atoms with Crippen LogP contribution >= 0.6 is 0 Å². The number of hydrogen-bond donors (Lipinski definition) is 3. The second-order valence-electron chi connectivity index (χ2n) is 6.67. The molecule has 0 saturated carbocycles. The molecule has 30 heavy (non-hydrogen) atoms. The minimum Gasteiger partial charge on any atom is -0.497 e. The highest BCUT2D eigenvalue weighted by atomic mass is 16.6. The number of carbonyl (C=O) groups excluding carboxylic acids is 1. The van der Waals surface area contributed by atoms with Crippen molar-refractivity contribution in [3.63, 3.8) is 0 Å². The van der Waals surface area contributed by atoms with Crippen molar-refractivity contribution < 1.29 is 29.2 Å². The average Bonchev–Trinajstić information content (AvgIpc) is 3.34. The van der Waals surface area contributed by atoms with E-state index in [4.69, 9.17) is 14.2 Å². The van der Waals surface area contributed by atoms with Crippen LogP contribution in [-0.4, -0.2) is 74.8 Å². The Hall–Kier alpha value is -3.12. The molecule has 1 aliphatic heterocycles. The molecule has 4 rings (SSSR count). The van der Waals surface area contributed by atoms with E-state index in [0.717, 1.165) is 0 Å². The first-order valence-corrected chi connectivity index (χ1v) is 9.17.